The summed E-state index contributed by atoms with van der Waals surface area (Å²) in [6.45, 7) is 2.03. The first-order valence-electron chi connectivity index (χ1n) is 8.02. The molecule has 0 aromatic carbocycles. The summed E-state index contributed by atoms with van der Waals surface area (Å²) >= 11 is 1.27. The summed E-state index contributed by atoms with van der Waals surface area (Å²) in [6.07, 6.45) is 8.18. The highest BCUT2D eigenvalue weighted by Gasteiger charge is 2.36. The van der Waals surface area contributed by atoms with E-state index in [9.17, 15) is 0 Å². The first-order valence-corrected chi connectivity index (χ1v) is 8.75. The lowest BCUT2D eigenvalue weighted by Crippen LogP contribution is -2.46. The Morgan fingerprint density at radius 1 is 1.17 bits per heavy atom. The Balaban J connectivity index is 1.48. The molecule has 0 amide bonds. The molecule has 122 valence electrons. The van der Waals surface area contributed by atoms with Gasteiger partial charge in [0, 0.05) is 31.2 Å². The number of methoxy groups -OCH3 is 1. The smallest absolute Gasteiger partial charge is 0.218 e. The molecule has 1 saturated carbocycles. The zero-order valence-electron chi connectivity index (χ0n) is 13.1. The molecular weight excluding hydrogens is 312 g/mol. The Morgan fingerprint density at radius 2 is 1.96 bits per heavy atom. The fraction of sp³-hybridized carbons (Fsp3) is 0.600. The number of aromatic nitrogens is 4. The van der Waals surface area contributed by atoms with Crippen LogP contribution < -0.4 is 14.5 Å². The molecule has 23 heavy (non-hydrogen) atoms. The van der Waals surface area contributed by atoms with E-state index in [2.05, 4.69) is 28.5 Å². The first kappa shape index (κ1) is 14.6. The number of ether oxygens (including phenoxy) is 1. The lowest BCUT2D eigenvalue weighted by atomic mass is 10.0. The minimum Gasteiger partial charge on any atom is -0.481 e. The number of piperidine rings is 1. The van der Waals surface area contributed by atoms with Crippen LogP contribution in [-0.4, -0.2) is 51.0 Å². The van der Waals surface area contributed by atoms with Crippen LogP contribution in [0.3, 0.4) is 0 Å². The van der Waals surface area contributed by atoms with Gasteiger partial charge in [-0.1, -0.05) is 0 Å². The molecule has 2 aliphatic rings. The summed E-state index contributed by atoms with van der Waals surface area (Å²) in [4.78, 5) is 13.4. The van der Waals surface area contributed by atoms with Crippen molar-refractivity contribution in [2.75, 3.05) is 30.0 Å². The second kappa shape index (κ2) is 6.27. The van der Waals surface area contributed by atoms with Crippen molar-refractivity contribution in [1.29, 1.82) is 0 Å². The van der Waals surface area contributed by atoms with E-state index >= 15 is 0 Å². The van der Waals surface area contributed by atoms with Crippen LogP contribution in [-0.2, 0) is 0 Å². The van der Waals surface area contributed by atoms with Crippen molar-refractivity contribution in [3.8, 4) is 5.88 Å². The highest BCUT2D eigenvalue weighted by atomic mass is 32.1. The van der Waals surface area contributed by atoms with E-state index < -0.39 is 0 Å². The minimum atomic E-state index is 0.518. The summed E-state index contributed by atoms with van der Waals surface area (Å²) in [6, 6.07) is 3.09. The Morgan fingerprint density at radius 3 is 2.61 bits per heavy atom. The predicted molar refractivity (Wildman–Crippen MR) is 89.2 cm³/mol. The maximum absolute atomic E-state index is 5.26. The molecule has 2 aromatic rings. The number of hydrogen-bond acceptors (Lipinski definition) is 8. The van der Waals surface area contributed by atoms with Gasteiger partial charge in [-0.15, -0.1) is 0 Å². The van der Waals surface area contributed by atoms with Gasteiger partial charge in [-0.2, -0.15) is 8.75 Å². The van der Waals surface area contributed by atoms with Crippen molar-refractivity contribution >= 4 is 23.4 Å². The molecule has 3 heterocycles. The number of nitrogens with zero attached hydrogens (tertiary/aromatic N) is 6. The largest absolute Gasteiger partial charge is 0.481 e. The molecule has 0 bridgehead atoms. The van der Waals surface area contributed by atoms with E-state index in [-0.39, 0.29) is 0 Å². The Bertz CT molecular complexity index is 639. The maximum Gasteiger partial charge on any atom is 0.218 e. The number of rotatable bonds is 5. The third-order valence-electron chi connectivity index (χ3n) is 4.57. The molecule has 0 unspecified atom stereocenters. The monoisotopic (exact) mass is 332 g/mol. The molecule has 0 radical (unpaired) electrons. The van der Waals surface area contributed by atoms with Crippen LogP contribution in [0.2, 0.25) is 0 Å². The van der Waals surface area contributed by atoms with Crippen LogP contribution in [0.5, 0.6) is 5.88 Å². The number of hydrogen-bond donors (Lipinski definition) is 0. The zero-order valence-corrected chi connectivity index (χ0v) is 13.9. The molecule has 1 aliphatic carbocycles. The third-order valence-corrected chi connectivity index (χ3v) is 5.04. The van der Waals surface area contributed by atoms with Crippen molar-refractivity contribution in [3.63, 3.8) is 0 Å². The lowest BCUT2D eigenvalue weighted by molar-refractivity contribution is 0.395. The van der Waals surface area contributed by atoms with Gasteiger partial charge in [0.2, 0.25) is 5.88 Å². The fourth-order valence-corrected chi connectivity index (χ4v) is 3.71. The van der Waals surface area contributed by atoms with E-state index in [1.165, 1.54) is 24.6 Å². The van der Waals surface area contributed by atoms with E-state index in [1.54, 1.807) is 13.4 Å². The van der Waals surface area contributed by atoms with Crippen molar-refractivity contribution in [1.82, 2.24) is 18.7 Å². The predicted octanol–water partition coefficient (Wildman–Crippen LogP) is 1.97. The van der Waals surface area contributed by atoms with E-state index in [4.69, 9.17) is 4.74 Å². The van der Waals surface area contributed by atoms with Crippen LogP contribution in [0.15, 0.2) is 18.6 Å². The van der Waals surface area contributed by atoms with Gasteiger partial charge in [0.1, 0.15) is 12.1 Å². The van der Waals surface area contributed by atoms with E-state index in [1.807, 2.05) is 12.3 Å². The molecule has 2 aromatic heterocycles. The number of anilines is 2. The summed E-state index contributed by atoms with van der Waals surface area (Å²) in [5.74, 6) is 2.63. The topological polar surface area (TPSA) is 67.3 Å². The van der Waals surface area contributed by atoms with Gasteiger partial charge in [0.25, 0.3) is 0 Å². The molecular formula is C15H20N6OS. The van der Waals surface area contributed by atoms with E-state index in [0.717, 1.165) is 37.6 Å². The molecule has 0 atom stereocenters. The standard InChI is InChI=1S/C15H20N6OS/c1-22-15-8-13(16-10-17-15)21(11-2-3-11)12-4-6-20(7-5-12)14-9-18-23-19-14/h8-12H,2-7H2,1H3. The molecule has 1 aliphatic heterocycles. The second-order valence-corrected chi connectivity index (χ2v) is 6.60. The summed E-state index contributed by atoms with van der Waals surface area (Å²) in [7, 11) is 1.65. The summed E-state index contributed by atoms with van der Waals surface area (Å²) < 4.78 is 13.7. The molecule has 0 spiro atoms. The molecule has 2 fully saturated rings. The summed E-state index contributed by atoms with van der Waals surface area (Å²) in [5, 5.41) is 0. The van der Waals surface area contributed by atoms with Crippen molar-refractivity contribution in [2.45, 2.75) is 37.8 Å². The van der Waals surface area contributed by atoms with Crippen LogP contribution in [0.25, 0.3) is 0 Å². The Kier molecular flexibility index (Phi) is 3.99. The zero-order chi connectivity index (χ0) is 15.6. The van der Waals surface area contributed by atoms with Crippen LogP contribution in [0, 0.1) is 0 Å². The quantitative estimate of drug-likeness (QED) is 0.829. The second-order valence-electron chi connectivity index (χ2n) is 6.04. The summed E-state index contributed by atoms with van der Waals surface area (Å²) in [5.41, 5.74) is 0. The van der Waals surface area contributed by atoms with Crippen LogP contribution in [0.4, 0.5) is 11.6 Å². The van der Waals surface area contributed by atoms with Crippen LogP contribution >= 0.6 is 11.7 Å². The van der Waals surface area contributed by atoms with Crippen molar-refractivity contribution in [2.24, 2.45) is 0 Å². The molecule has 0 N–H and O–H groups in total. The SMILES string of the molecule is COc1cc(N(C2CC2)C2CCN(c3cnsn3)CC2)ncn1. The molecule has 7 nitrogen and oxygen atoms in total. The van der Waals surface area contributed by atoms with Gasteiger partial charge in [-0.25, -0.2) is 9.97 Å². The maximum atomic E-state index is 5.26. The third kappa shape index (κ3) is 3.08. The minimum absolute atomic E-state index is 0.518. The van der Waals surface area contributed by atoms with Gasteiger partial charge in [0.15, 0.2) is 5.82 Å². The first-order chi connectivity index (χ1) is 11.3. The van der Waals surface area contributed by atoms with Crippen LogP contribution in [0.1, 0.15) is 25.7 Å². The molecule has 8 heteroatoms. The van der Waals surface area contributed by atoms with Gasteiger partial charge in [-0.05, 0) is 25.7 Å². The van der Waals surface area contributed by atoms with E-state index in [0.29, 0.717) is 18.0 Å². The van der Waals surface area contributed by atoms with Gasteiger partial charge in [-0.3, -0.25) is 0 Å². The molecule has 4 rings (SSSR count). The molecule has 1 saturated heterocycles. The Hall–Kier alpha value is -1.96. The van der Waals surface area contributed by atoms with Gasteiger partial charge >= 0.3 is 0 Å². The van der Waals surface area contributed by atoms with Crippen molar-refractivity contribution in [3.05, 3.63) is 18.6 Å². The highest BCUT2D eigenvalue weighted by molar-refractivity contribution is 6.99. The normalized spacial score (nSPS) is 18.9. The van der Waals surface area contributed by atoms with Gasteiger partial charge < -0.3 is 14.5 Å². The van der Waals surface area contributed by atoms with Gasteiger partial charge in [0.05, 0.1) is 25.0 Å². The highest BCUT2D eigenvalue weighted by Crippen LogP contribution is 2.36. The Labute approximate surface area is 139 Å². The average Bonchev–Trinajstić information content (AvgIpc) is 3.28. The average molecular weight is 332 g/mol. The fourth-order valence-electron chi connectivity index (χ4n) is 3.28. The lowest BCUT2D eigenvalue weighted by Gasteiger charge is -2.39. The van der Waals surface area contributed by atoms with Crippen molar-refractivity contribution < 1.29 is 4.74 Å².